The van der Waals surface area contributed by atoms with Gasteiger partial charge >= 0.3 is 6.36 Å². The van der Waals surface area contributed by atoms with Crippen molar-refractivity contribution >= 4 is 28.7 Å². The van der Waals surface area contributed by atoms with Crippen LogP contribution in [0.15, 0.2) is 36.4 Å². The van der Waals surface area contributed by atoms with E-state index in [0.717, 1.165) is 12.1 Å². The molecule has 11 heteroatoms. The van der Waals surface area contributed by atoms with Crippen LogP contribution in [-0.4, -0.2) is 39.3 Å². The van der Waals surface area contributed by atoms with Crippen LogP contribution in [-0.2, 0) is 0 Å². The van der Waals surface area contributed by atoms with Crippen molar-refractivity contribution in [2.75, 3.05) is 41.9 Å². The summed E-state index contributed by atoms with van der Waals surface area (Å²) in [5.74, 6) is -1.12. The van der Waals surface area contributed by atoms with Gasteiger partial charge in [-0.1, -0.05) is 0 Å². The third kappa shape index (κ3) is 6.13. The Bertz CT molecular complexity index is 857. The molecule has 0 unspecified atom stereocenters. The molecule has 0 atom stereocenters. The first-order valence-corrected chi connectivity index (χ1v) is 8.28. The lowest BCUT2D eigenvalue weighted by Gasteiger charge is -2.23. The topological polar surface area (TPSA) is 79.6 Å². The number of nitrogen functional groups attached to an aromatic ring is 1. The van der Waals surface area contributed by atoms with Crippen LogP contribution in [0.1, 0.15) is 10.4 Å². The van der Waals surface area contributed by atoms with E-state index < -0.39 is 31.0 Å². The van der Waals surface area contributed by atoms with Crippen LogP contribution in [0, 0.1) is 0 Å². The standard InChI is InChI=1S/C18H19F5N4O2/c1-25-14-8-15(27(2)9-16(19)20)12(7-13(14)24)17(28)26-10-3-5-11(6-4-10)29-18(21,22)23/h3-8,16,25H,9,24H2,1-2H3,(H,26,28). The average Bonchev–Trinajstić information content (AvgIpc) is 2.61. The number of halogens is 5. The van der Waals surface area contributed by atoms with Crippen molar-refractivity contribution in [3.05, 3.63) is 42.0 Å². The molecular weight excluding hydrogens is 399 g/mol. The molecule has 0 radical (unpaired) electrons. The zero-order valence-corrected chi connectivity index (χ0v) is 15.5. The van der Waals surface area contributed by atoms with E-state index in [1.165, 1.54) is 36.2 Å². The minimum atomic E-state index is -4.83. The van der Waals surface area contributed by atoms with Crippen LogP contribution in [0.4, 0.5) is 44.7 Å². The van der Waals surface area contributed by atoms with Crippen molar-refractivity contribution in [1.29, 1.82) is 0 Å². The number of carbonyl (C=O) groups is 1. The maximum Gasteiger partial charge on any atom is 0.573 e. The lowest BCUT2D eigenvalue weighted by Crippen LogP contribution is -2.27. The summed E-state index contributed by atoms with van der Waals surface area (Å²) in [6, 6.07) is 7.29. The molecule has 0 aliphatic rings. The number of hydrogen-bond donors (Lipinski definition) is 3. The minimum absolute atomic E-state index is 0.0280. The Balaban J connectivity index is 2.28. The van der Waals surface area contributed by atoms with E-state index in [1.807, 2.05) is 0 Å². The molecule has 1 amide bonds. The fraction of sp³-hybridized carbons (Fsp3) is 0.278. The highest BCUT2D eigenvalue weighted by Crippen LogP contribution is 2.31. The molecule has 0 spiro atoms. The third-order valence-electron chi connectivity index (χ3n) is 3.85. The van der Waals surface area contributed by atoms with E-state index in [0.29, 0.717) is 5.69 Å². The van der Waals surface area contributed by atoms with Crippen molar-refractivity contribution in [2.24, 2.45) is 0 Å². The molecule has 0 bridgehead atoms. The van der Waals surface area contributed by atoms with Gasteiger partial charge in [0, 0.05) is 19.8 Å². The quantitative estimate of drug-likeness (QED) is 0.465. The van der Waals surface area contributed by atoms with Gasteiger partial charge in [0.1, 0.15) is 5.75 Å². The molecule has 0 saturated heterocycles. The Hall–Kier alpha value is -3.24. The number of nitrogens with zero attached hydrogens (tertiary/aromatic N) is 1. The lowest BCUT2D eigenvalue weighted by molar-refractivity contribution is -0.274. The number of ether oxygens (including phenoxy) is 1. The van der Waals surface area contributed by atoms with E-state index in [2.05, 4.69) is 15.4 Å². The van der Waals surface area contributed by atoms with Crippen molar-refractivity contribution in [2.45, 2.75) is 12.8 Å². The summed E-state index contributed by atoms with van der Waals surface area (Å²) < 4.78 is 66.0. The molecule has 2 aromatic carbocycles. The molecule has 158 valence electrons. The van der Waals surface area contributed by atoms with Gasteiger partial charge in [-0.2, -0.15) is 0 Å². The SMILES string of the molecule is CNc1cc(N(C)CC(F)F)c(C(=O)Nc2ccc(OC(F)(F)F)cc2)cc1N. The molecular formula is C18H19F5N4O2. The minimum Gasteiger partial charge on any atom is -0.406 e. The zero-order valence-electron chi connectivity index (χ0n) is 15.5. The molecule has 0 aromatic heterocycles. The normalized spacial score (nSPS) is 11.3. The Morgan fingerprint density at radius 2 is 1.83 bits per heavy atom. The highest BCUT2D eigenvalue weighted by Gasteiger charge is 2.31. The van der Waals surface area contributed by atoms with Crippen LogP contribution in [0.3, 0.4) is 0 Å². The molecule has 0 aliphatic carbocycles. The van der Waals surface area contributed by atoms with Crippen molar-refractivity contribution in [3.63, 3.8) is 0 Å². The number of benzene rings is 2. The predicted octanol–water partition coefficient (Wildman–Crippen LogP) is 4.16. The molecule has 0 saturated carbocycles. The second kappa shape index (κ2) is 8.84. The van der Waals surface area contributed by atoms with Gasteiger partial charge in [0.2, 0.25) is 0 Å². The van der Waals surface area contributed by atoms with Gasteiger partial charge in [-0.15, -0.1) is 13.2 Å². The summed E-state index contributed by atoms with van der Waals surface area (Å²) in [7, 11) is 2.99. The fourth-order valence-electron chi connectivity index (χ4n) is 2.56. The number of anilines is 4. The third-order valence-corrected chi connectivity index (χ3v) is 3.85. The monoisotopic (exact) mass is 418 g/mol. The summed E-state index contributed by atoms with van der Waals surface area (Å²) in [5.41, 5.74) is 6.97. The highest BCUT2D eigenvalue weighted by molar-refractivity contribution is 6.09. The molecule has 2 rings (SSSR count). The number of hydrogen-bond acceptors (Lipinski definition) is 5. The second-order valence-electron chi connectivity index (χ2n) is 6.00. The molecule has 0 heterocycles. The Labute approximate surface area is 163 Å². The molecule has 2 aromatic rings. The van der Waals surface area contributed by atoms with Gasteiger partial charge in [-0.05, 0) is 36.4 Å². The lowest BCUT2D eigenvalue weighted by atomic mass is 10.1. The number of nitrogens with two attached hydrogens (primary N) is 1. The van der Waals surface area contributed by atoms with Crippen molar-refractivity contribution in [1.82, 2.24) is 0 Å². The average molecular weight is 418 g/mol. The zero-order chi connectivity index (χ0) is 21.8. The molecule has 29 heavy (non-hydrogen) atoms. The van der Waals surface area contributed by atoms with E-state index in [-0.39, 0.29) is 22.6 Å². The van der Waals surface area contributed by atoms with Gasteiger partial charge in [0.05, 0.1) is 29.2 Å². The Morgan fingerprint density at radius 1 is 1.21 bits per heavy atom. The fourth-order valence-corrected chi connectivity index (χ4v) is 2.56. The van der Waals surface area contributed by atoms with Crippen LogP contribution >= 0.6 is 0 Å². The molecule has 4 N–H and O–H groups in total. The summed E-state index contributed by atoms with van der Waals surface area (Å²) in [6.45, 7) is -0.614. The van der Waals surface area contributed by atoms with Crippen LogP contribution in [0.25, 0.3) is 0 Å². The summed E-state index contributed by atoms with van der Waals surface area (Å²) in [5, 5.41) is 5.30. The van der Waals surface area contributed by atoms with E-state index in [1.54, 1.807) is 7.05 Å². The van der Waals surface area contributed by atoms with Gasteiger partial charge in [0.15, 0.2) is 0 Å². The molecule has 0 aliphatic heterocycles. The van der Waals surface area contributed by atoms with Gasteiger partial charge < -0.3 is 26.0 Å². The van der Waals surface area contributed by atoms with Gasteiger partial charge in [0.25, 0.3) is 12.3 Å². The van der Waals surface area contributed by atoms with Crippen LogP contribution in [0.5, 0.6) is 5.75 Å². The maximum atomic E-state index is 12.8. The molecule has 0 fully saturated rings. The summed E-state index contributed by atoms with van der Waals surface area (Å²) >= 11 is 0. The Morgan fingerprint density at radius 3 is 2.34 bits per heavy atom. The van der Waals surface area contributed by atoms with E-state index in [9.17, 15) is 26.7 Å². The summed E-state index contributed by atoms with van der Waals surface area (Å²) in [4.78, 5) is 13.9. The van der Waals surface area contributed by atoms with Gasteiger partial charge in [-0.25, -0.2) is 8.78 Å². The first-order chi connectivity index (χ1) is 13.5. The number of amides is 1. The number of alkyl halides is 5. The Kier molecular flexibility index (Phi) is 6.72. The second-order valence-corrected chi connectivity index (χ2v) is 6.00. The summed E-state index contributed by atoms with van der Waals surface area (Å²) in [6.07, 6.45) is -7.46. The van der Waals surface area contributed by atoms with Crippen molar-refractivity contribution in [3.8, 4) is 5.75 Å². The smallest absolute Gasteiger partial charge is 0.406 e. The highest BCUT2D eigenvalue weighted by atomic mass is 19.4. The largest absolute Gasteiger partial charge is 0.573 e. The molecule has 6 nitrogen and oxygen atoms in total. The van der Waals surface area contributed by atoms with Crippen LogP contribution < -0.4 is 26.0 Å². The number of nitrogens with one attached hydrogen (secondary N) is 2. The predicted molar refractivity (Wildman–Crippen MR) is 101 cm³/mol. The number of rotatable bonds is 7. The first kappa shape index (κ1) is 22.1. The van der Waals surface area contributed by atoms with Crippen LogP contribution in [0.2, 0.25) is 0 Å². The van der Waals surface area contributed by atoms with Crippen molar-refractivity contribution < 1.29 is 31.5 Å². The first-order valence-electron chi connectivity index (χ1n) is 8.28. The van der Waals surface area contributed by atoms with Gasteiger partial charge in [-0.3, -0.25) is 4.79 Å². The van der Waals surface area contributed by atoms with E-state index in [4.69, 9.17) is 5.73 Å². The number of carbonyl (C=O) groups excluding carboxylic acids is 1. The maximum absolute atomic E-state index is 12.8. The van der Waals surface area contributed by atoms with E-state index >= 15 is 0 Å².